The molecule has 2 aromatic rings. The summed E-state index contributed by atoms with van der Waals surface area (Å²) in [4.78, 5) is 8.51. The summed E-state index contributed by atoms with van der Waals surface area (Å²) in [5, 5.41) is 4.17. The number of aromatic nitrogens is 2. The monoisotopic (exact) mass is 363 g/mol. The molecule has 0 radical (unpaired) electrons. The maximum Gasteiger partial charge on any atom is 0.222 e. The molecule has 21 heavy (non-hydrogen) atoms. The van der Waals surface area contributed by atoms with E-state index in [1.165, 1.54) is 11.1 Å². The zero-order valence-corrected chi connectivity index (χ0v) is 13.7. The van der Waals surface area contributed by atoms with E-state index in [2.05, 4.69) is 43.4 Å². The maximum atomic E-state index is 6.05. The van der Waals surface area contributed by atoms with Gasteiger partial charge in [-0.1, -0.05) is 29.8 Å². The molecule has 0 fully saturated rings. The molecule has 1 aromatic heterocycles. The molecular formula is C16H15BrClN3. The van der Waals surface area contributed by atoms with Crippen LogP contribution in [0.3, 0.4) is 0 Å². The van der Waals surface area contributed by atoms with Gasteiger partial charge in [-0.05, 0) is 58.5 Å². The van der Waals surface area contributed by atoms with Crippen molar-refractivity contribution in [3.63, 3.8) is 0 Å². The lowest BCUT2D eigenvalue weighted by Gasteiger charge is -2.23. The Kier molecular flexibility index (Phi) is 4.56. The van der Waals surface area contributed by atoms with Gasteiger partial charge >= 0.3 is 0 Å². The molecule has 1 aliphatic rings. The summed E-state index contributed by atoms with van der Waals surface area (Å²) in [6.45, 7) is 0. The summed E-state index contributed by atoms with van der Waals surface area (Å²) in [6.07, 6.45) is 8.87. The van der Waals surface area contributed by atoms with Gasteiger partial charge in [0.25, 0.3) is 0 Å². The fourth-order valence-corrected chi connectivity index (χ4v) is 2.88. The zero-order valence-electron chi connectivity index (χ0n) is 11.4. The van der Waals surface area contributed by atoms with Crippen molar-refractivity contribution in [2.75, 3.05) is 5.32 Å². The Bertz CT molecular complexity index is 655. The van der Waals surface area contributed by atoms with Crippen molar-refractivity contribution in [2.45, 2.75) is 25.3 Å². The molecule has 5 heteroatoms. The van der Waals surface area contributed by atoms with Crippen molar-refractivity contribution in [2.24, 2.45) is 0 Å². The van der Waals surface area contributed by atoms with Crippen molar-refractivity contribution >= 4 is 39.1 Å². The van der Waals surface area contributed by atoms with Crippen LogP contribution in [0.2, 0.25) is 5.02 Å². The van der Waals surface area contributed by atoms with E-state index < -0.39 is 0 Å². The average Bonchev–Trinajstić information content (AvgIpc) is 2.50. The van der Waals surface area contributed by atoms with E-state index in [9.17, 15) is 0 Å². The largest absolute Gasteiger partial charge is 0.351 e. The molecule has 1 N–H and O–H groups in total. The Labute approximate surface area is 137 Å². The Morgan fingerprint density at radius 1 is 1.24 bits per heavy atom. The molecule has 0 spiro atoms. The molecule has 0 saturated heterocycles. The normalized spacial score (nSPS) is 18.2. The van der Waals surface area contributed by atoms with E-state index in [1.807, 2.05) is 18.2 Å². The number of halogens is 2. The molecule has 0 aliphatic heterocycles. The number of rotatable bonds is 3. The van der Waals surface area contributed by atoms with Crippen LogP contribution in [0.1, 0.15) is 24.8 Å². The highest BCUT2D eigenvalue weighted by atomic mass is 79.9. The van der Waals surface area contributed by atoms with Gasteiger partial charge in [0.1, 0.15) is 0 Å². The van der Waals surface area contributed by atoms with Crippen LogP contribution in [-0.2, 0) is 0 Å². The Balaban J connectivity index is 1.65. The fourth-order valence-electron chi connectivity index (χ4n) is 2.49. The average molecular weight is 365 g/mol. The van der Waals surface area contributed by atoms with Crippen LogP contribution in [0.15, 0.2) is 47.2 Å². The van der Waals surface area contributed by atoms with E-state index in [4.69, 9.17) is 11.6 Å². The minimum atomic E-state index is 0.383. The molecule has 0 saturated carbocycles. The first kappa shape index (κ1) is 14.5. The highest BCUT2D eigenvalue weighted by Crippen LogP contribution is 2.29. The van der Waals surface area contributed by atoms with E-state index in [0.29, 0.717) is 12.0 Å². The van der Waals surface area contributed by atoms with E-state index in [-0.39, 0.29) is 0 Å². The molecule has 1 unspecified atom stereocenters. The first-order valence-electron chi connectivity index (χ1n) is 6.90. The van der Waals surface area contributed by atoms with Crippen LogP contribution in [0.5, 0.6) is 0 Å². The number of nitrogens with one attached hydrogen (secondary N) is 1. The molecule has 108 valence electrons. The van der Waals surface area contributed by atoms with Gasteiger partial charge in [-0.2, -0.15) is 0 Å². The van der Waals surface area contributed by atoms with Crippen LogP contribution in [-0.4, -0.2) is 16.0 Å². The quantitative estimate of drug-likeness (QED) is 0.838. The predicted octanol–water partition coefficient (Wildman–Crippen LogP) is 4.94. The van der Waals surface area contributed by atoms with Crippen molar-refractivity contribution < 1.29 is 0 Å². The standard InChI is InChI=1S/C16H15BrClN3/c17-13-9-19-16(20-10-13)21-15-6-4-11(5-7-15)12-2-1-3-14(18)8-12/h1-4,8-10,15H,5-7H2,(H,19,20,21). The molecule has 1 atom stereocenters. The van der Waals surface area contributed by atoms with Gasteiger partial charge in [0.15, 0.2) is 0 Å². The molecule has 1 heterocycles. The summed E-state index contributed by atoms with van der Waals surface area (Å²) in [7, 11) is 0. The number of benzene rings is 1. The topological polar surface area (TPSA) is 37.8 Å². The molecule has 0 bridgehead atoms. The first-order valence-corrected chi connectivity index (χ1v) is 8.07. The summed E-state index contributed by atoms with van der Waals surface area (Å²) in [5.41, 5.74) is 2.59. The lowest BCUT2D eigenvalue weighted by molar-refractivity contribution is 0.647. The summed E-state index contributed by atoms with van der Waals surface area (Å²) in [6, 6.07) is 8.43. The van der Waals surface area contributed by atoms with Gasteiger partial charge in [-0.25, -0.2) is 9.97 Å². The Hall–Kier alpha value is -1.39. The number of anilines is 1. The second-order valence-electron chi connectivity index (χ2n) is 5.08. The second-order valence-corrected chi connectivity index (χ2v) is 6.43. The number of hydrogen-bond donors (Lipinski definition) is 1. The van der Waals surface area contributed by atoms with Crippen molar-refractivity contribution in [3.8, 4) is 0 Å². The third-order valence-corrected chi connectivity index (χ3v) is 4.20. The molecule has 3 nitrogen and oxygen atoms in total. The van der Waals surface area contributed by atoms with Crippen LogP contribution in [0.4, 0.5) is 5.95 Å². The number of allylic oxidation sites excluding steroid dienone is 1. The number of hydrogen-bond acceptors (Lipinski definition) is 3. The maximum absolute atomic E-state index is 6.05. The van der Waals surface area contributed by atoms with E-state index >= 15 is 0 Å². The second kappa shape index (κ2) is 6.58. The molecular weight excluding hydrogens is 350 g/mol. The van der Waals surface area contributed by atoms with Gasteiger partial charge in [0.05, 0.1) is 4.47 Å². The third-order valence-electron chi connectivity index (χ3n) is 3.56. The van der Waals surface area contributed by atoms with Crippen LogP contribution in [0, 0.1) is 0 Å². The van der Waals surface area contributed by atoms with Gasteiger partial charge in [-0.15, -0.1) is 0 Å². The first-order chi connectivity index (χ1) is 10.2. The molecule has 3 rings (SSSR count). The Morgan fingerprint density at radius 3 is 2.71 bits per heavy atom. The lowest BCUT2D eigenvalue weighted by atomic mass is 9.91. The highest BCUT2D eigenvalue weighted by molar-refractivity contribution is 9.10. The van der Waals surface area contributed by atoms with E-state index in [1.54, 1.807) is 12.4 Å². The highest BCUT2D eigenvalue weighted by Gasteiger charge is 2.16. The smallest absolute Gasteiger partial charge is 0.222 e. The summed E-state index contributed by atoms with van der Waals surface area (Å²) < 4.78 is 0.889. The third kappa shape index (κ3) is 3.83. The van der Waals surface area contributed by atoms with Crippen molar-refractivity contribution in [3.05, 3.63) is 57.8 Å². The minimum absolute atomic E-state index is 0.383. The van der Waals surface area contributed by atoms with Gasteiger partial charge in [0.2, 0.25) is 5.95 Å². The molecule has 0 amide bonds. The predicted molar refractivity (Wildman–Crippen MR) is 90.4 cm³/mol. The SMILES string of the molecule is Clc1cccc(C2=CCC(Nc3ncc(Br)cn3)CC2)c1. The van der Waals surface area contributed by atoms with Crippen LogP contribution >= 0.6 is 27.5 Å². The zero-order chi connectivity index (χ0) is 14.7. The van der Waals surface area contributed by atoms with Crippen LogP contribution < -0.4 is 5.32 Å². The fraction of sp³-hybridized carbons (Fsp3) is 0.250. The minimum Gasteiger partial charge on any atom is -0.351 e. The van der Waals surface area contributed by atoms with Gasteiger partial charge in [-0.3, -0.25) is 0 Å². The number of nitrogens with zero attached hydrogens (tertiary/aromatic N) is 2. The van der Waals surface area contributed by atoms with Gasteiger partial charge in [0, 0.05) is 23.5 Å². The Morgan fingerprint density at radius 2 is 2.05 bits per heavy atom. The van der Waals surface area contributed by atoms with Gasteiger partial charge < -0.3 is 5.32 Å². The van der Waals surface area contributed by atoms with E-state index in [0.717, 1.165) is 28.8 Å². The van der Waals surface area contributed by atoms with Crippen LogP contribution in [0.25, 0.3) is 5.57 Å². The molecule has 1 aromatic carbocycles. The summed E-state index contributed by atoms with van der Waals surface area (Å²) >= 11 is 9.39. The lowest BCUT2D eigenvalue weighted by Crippen LogP contribution is -2.22. The van der Waals surface area contributed by atoms with Crippen molar-refractivity contribution in [1.82, 2.24) is 9.97 Å². The summed E-state index contributed by atoms with van der Waals surface area (Å²) in [5.74, 6) is 0.683. The van der Waals surface area contributed by atoms with Crippen molar-refractivity contribution in [1.29, 1.82) is 0 Å². The molecule has 1 aliphatic carbocycles.